The van der Waals surface area contributed by atoms with Gasteiger partial charge in [0.25, 0.3) is 0 Å². The van der Waals surface area contributed by atoms with Crippen molar-refractivity contribution in [1.29, 1.82) is 0 Å². The van der Waals surface area contributed by atoms with Gasteiger partial charge in [-0.25, -0.2) is 0 Å². The van der Waals surface area contributed by atoms with E-state index in [9.17, 15) is 0 Å². The van der Waals surface area contributed by atoms with Crippen LogP contribution in [0.2, 0.25) is 0 Å². The number of hydrogen-bond donors (Lipinski definition) is 0. The zero-order valence-electron chi connectivity index (χ0n) is 33.4. The van der Waals surface area contributed by atoms with Crippen molar-refractivity contribution in [2.24, 2.45) is 0 Å². The van der Waals surface area contributed by atoms with Crippen molar-refractivity contribution in [3.05, 3.63) is 211 Å². The second-order valence-corrected chi connectivity index (χ2v) is 16.9. The van der Waals surface area contributed by atoms with Gasteiger partial charge in [0.1, 0.15) is 0 Å². The Hall–Kier alpha value is -7.62. The van der Waals surface area contributed by atoms with E-state index in [0.29, 0.717) is 0 Å². The van der Waals surface area contributed by atoms with Crippen LogP contribution in [-0.2, 0) is 5.41 Å². The molecule has 0 aliphatic heterocycles. The van der Waals surface area contributed by atoms with E-state index in [2.05, 4.69) is 228 Å². The Bertz CT molecular complexity index is 3740. The second-order valence-electron chi connectivity index (χ2n) is 16.9. The lowest BCUT2D eigenvalue weighted by atomic mass is 9.82. The van der Waals surface area contributed by atoms with E-state index >= 15 is 0 Å². The van der Waals surface area contributed by atoms with Crippen LogP contribution >= 0.6 is 0 Å². The number of fused-ring (bicyclic) bond motifs is 13. The van der Waals surface area contributed by atoms with E-state index < -0.39 is 0 Å². The predicted octanol–water partition coefficient (Wildman–Crippen LogP) is 15.0. The molecule has 0 fully saturated rings. The normalized spacial score (nSPS) is 13.3. The first kappa shape index (κ1) is 33.4. The van der Waals surface area contributed by atoms with E-state index in [4.69, 9.17) is 0 Å². The first-order chi connectivity index (χ1) is 29.6. The number of para-hydroxylation sites is 5. The Morgan fingerprint density at radius 3 is 1.58 bits per heavy atom. The van der Waals surface area contributed by atoms with Gasteiger partial charge in [0.15, 0.2) is 0 Å². The fourth-order valence-electron chi connectivity index (χ4n) is 10.8. The molecule has 0 radical (unpaired) electrons. The van der Waals surface area contributed by atoms with Gasteiger partial charge in [-0.2, -0.15) is 0 Å². The number of rotatable bonds is 4. The average molecular weight is 766 g/mol. The second kappa shape index (κ2) is 12.2. The van der Waals surface area contributed by atoms with E-state index in [1.165, 1.54) is 116 Å². The molecule has 60 heavy (non-hydrogen) atoms. The third-order valence-corrected chi connectivity index (χ3v) is 13.4. The lowest BCUT2D eigenvalue weighted by molar-refractivity contribution is 0.660. The van der Waals surface area contributed by atoms with Gasteiger partial charge in [0, 0.05) is 54.7 Å². The van der Waals surface area contributed by atoms with Crippen LogP contribution in [0.5, 0.6) is 0 Å². The van der Waals surface area contributed by atoms with Crippen LogP contribution < -0.4 is 0 Å². The van der Waals surface area contributed by atoms with E-state index in [-0.39, 0.29) is 5.41 Å². The summed E-state index contributed by atoms with van der Waals surface area (Å²) in [5.41, 5.74) is 18.6. The van der Waals surface area contributed by atoms with Crippen LogP contribution in [-0.4, -0.2) is 13.7 Å². The van der Waals surface area contributed by atoms with Crippen molar-refractivity contribution in [3.8, 4) is 39.3 Å². The van der Waals surface area contributed by atoms with E-state index in [1.54, 1.807) is 0 Å². The molecule has 3 heteroatoms. The van der Waals surface area contributed by atoms with Crippen LogP contribution in [0.3, 0.4) is 0 Å². The topological polar surface area (TPSA) is 14.8 Å². The molecule has 0 spiro atoms. The van der Waals surface area contributed by atoms with Crippen LogP contribution in [0, 0.1) is 0 Å². The molecule has 12 aromatic rings. The standard InChI is InChI=1S/C57H39N3/c1-57(2)46-23-11-6-19-40(46)41-30-29-38(35-47(41)57)59-49-25-13-8-20-42(49)45-34-36(28-31-52(45)59)39-18-7-12-24-48(39)60-51-27-15-10-22-44(51)56-54(60)33-32-53-55(56)43-21-9-14-26-50(43)58(53)37-16-4-3-5-17-37/h3-35H,1-2H3. The van der Waals surface area contributed by atoms with Gasteiger partial charge < -0.3 is 13.7 Å². The minimum absolute atomic E-state index is 0.0743. The highest BCUT2D eigenvalue weighted by atomic mass is 15.0. The Morgan fingerprint density at radius 1 is 0.317 bits per heavy atom. The summed E-state index contributed by atoms with van der Waals surface area (Å²) >= 11 is 0. The van der Waals surface area contributed by atoms with Crippen molar-refractivity contribution in [1.82, 2.24) is 13.7 Å². The first-order valence-corrected chi connectivity index (χ1v) is 20.9. The summed E-state index contributed by atoms with van der Waals surface area (Å²) in [4.78, 5) is 0. The molecule has 13 rings (SSSR count). The van der Waals surface area contributed by atoms with Crippen molar-refractivity contribution in [2.45, 2.75) is 19.3 Å². The van der Waals surface area contributed by atoms with E-state index in [1.807, 2.05) is 0 Å². The third kappa shape index (κ3) is 4.44. The largest absolute Gasteiger partial charge is 0.309 e. The Balaban J connectivity index is 1.03. The molecule has 0 saturated heterocycles. The third-order valence-electron chi connectivity index (χ3n) is 13.4. The van der Waals surface area contributed by atoms with Crippen molar-refractivity contribution in [3.63, 3.8) is 0 Å². The molecule has 0 unspecified atom stereocenters. The van der Waals surface area contributed by atoms with Gasteiger partial charge in [-0.1, -0.05) is 141 Å². The molecule has 0 atom stereocenters. The van der Waals surface area contributed by atoms with Gasteiger partial charge >= 0.3 is 0 Å². The maximum absolute atomic E-state index is 2.49. The molecule has 0 amide bonds. The number of nitrogens with zero attached hydrogens (tertiary/aromatic N) is 3. The Kier molecular flexibility index (Phi) is 6.78. The van der Waals surface area contributed by atoms with Crippen molar-refractivity contribution < 1.29 is 0 Å². The summed E-state index contributed by atoms with van der Waals surface area (Å²) in [6, 6.07) is 74.0. The number of benzene rings is 9. The molecule has 9 aromatic carbocycles. The van der Waals surface area contributed by atoms with E-state index in [0.717, 1.165) is 0 Å². The maximum atomic E-state index is 2.49. The molecule has 1 aliphatic carbocycles. The Labute approximate surface area is 347 Å². The summed E-state index contributed by atoms with van der Waals surface area (Å²) in [6.45, 7) is 4.72. The fourth-order valence-corrected chi connectivity index (χ4v) is 10.8. The maximum Gasteiger partial charge on any atom is 0.0549 e. The zero-order chi connectivity index (χ0) is 39.7. The average Bonchev–Trinajstić information content (AvgIpc) is 4.00. The van der Waals surface area contributed by atoms with Gasteiger partial charge in [-0.3, -0.25) is 0 Å². The predicted molar refractivity (Wildman–Crippen MR) is 252 cm³/mol. The molecular weight excluding hydrogens is 727 g/mol. The number of hydrogen-bond acceptors (Lipinski definition) is 0. The van der Waals surface area contributed by atoms with Crippen LogP contribution in [0.15, 0.2) is 200 Å². The van der Waals surface area contributed by atoms with Crippen molar-refractivity contribution >= 4 is 65.4 Å². The smallest absolute Gasteiger partial charge is 0.0549 e. The van der Waals surface area contributed by atoms with Crippen LogP contribution in [0.25, 0.3) is 105 Å². The highest BCUT2D eigenvalue weighted by molar-refractivity contribution is 6.29. The SMILES string of the molecule is CC1(C)c2ccccc2-c2ccc(-n3c4ccccc4c4cc(-c5ccccc5-n5c6ccccc6c6c7c8ccccc8n(-c8ccccc8)c7ccc65)ccc43)cc21. The molecular formula is C57H39N3. The molecule has 0 saturated carbocycles. The molecule has 3 aromatic heterocycles. The quantitative estimate of drug-likeness (QED) is 0.169. The summed E-state index contributed by atoms with van der Waals surface area (Å²) < 4.78 is 7.37. The minimum atomic E-state index is -0.0743. The van der Waals surface area contributed by atoms with Gasteiger partial charge in [0.2, 0.25) is 0 Å². The molecule has 282 valence electrons. The fraction of sp³-hybridized carbons (Fsp3) is 0.0526. The molecule has 0 N–H and O–H groups in total. The van der Waals surface area contributed by atoms with Gasteiger partial charge in [-0.05, 0) is 101 Å². The summed E-state index contributed by atoms with van der Waals surface area (Å²) in [5.74, 6) is 0. The molecule has 0 bridgehead atoms. The first-order valence-electron chi connectivity index (χ1n) is 20.9. The lowest BCUT2D eigenvalue weighted by Gasteiger charge is -2.22. The van der Waals surface area contributed by atoms with Crippen LogP contribution in [0.1, 0.15) is 25.0 Å². The lowest BCUT2D eigenvalue weighted by Crippen LogP contribution is -2.15. The highest BCUT2D eigenvalue weighted by Gasteiger charge is 2.35. The van der Waals surface area contributed by atoms with Crippen LogP contribution in [0.4, 0.5) is 0 Å². The van der Waals surface area contributed by atoms with Gasteiger partial charge in [0.05, 0.1) is 38.8 Å². The monoisotopic (exact) mass is 765 g/mol. The number of aromatic nitrogens is 3. The molecule has 3 nitrogen and oxygen atoms in total. The minimum Gasteiger partial charge on any atom is -0.309 e. The molecule has 3 heterocycles. The highest BCUT2D eigenvalue weighted by Crippen LogP contribution is 2.50. The summed E-state index contributed by atoms with van der Waals surface area (Å²) in [7, 11) is 0. The van der Waals surface area contributed by atoms with Crippen molar-refractivity contribution in [2.75, 3.05) is 0 Å². The zero-order valence-corrected chi connectivity index (χ0v) is 33.4. The Morgan fingerprint density at radius 2 is 0.833 bits per heavy atom. The summed E-state index contributed by atoms with van der Waals surface area (Å²) in [5, 5.41) is 7.58. The summed E-state index contributed by atoms with van der Waals surface area (Å²) in [6.07, 6.45) is 0. The van der Waals surface area contributed by atoms with Gasteiger partial charge in [-0.15, -0.1) is 0 Å². The molecule has 1 aliphatic rings.